The van der Waals surface area contributed by atoms with Gasteiger partial charge in [-0.3, -0.25) is 9.69 Å². The molecule has 0 unspecified atom stereocenters. The second-order valence-corrected chi connectivity index (χ2v) is 5.31. The highest BCUT2D eigenvalue weighted by molar-refractivity contribution is 5.92. The Balaban J connectivity index is 2.06. The molecular formula is C11H17NO3. The van der Waals surface area contributed by atoms with Crippen LogP contribution in [-0.4, -0.2) is 34.5 Å². The summed E-state index contributed by atoms with van der Waals surface area (Å²) in [6.45, 7) is 5.51. The van der Waals surface area contributed by atoms with Gasteiger partial charge in [0.2, 0.25) is 0 Å². The van der Waals surface area contributed by atoms with Crippen molar-refractivity contribution in [2.75, 3.05) is 0 Å². The molecule has 2 atom stereocenters. The number of carbonyl (C=O) groups is 2. The van der Waals surface area contributed by atoms with E-state index in [-0.39, 0.29) is 24.0 Å². The summed E-state index contributed by atoms with van der Waals surface area (Å²) in [6, 6.07) is -0.109. The monoisotopic (exact) mass is 211 g/mol. The number of carbonyl (C=O) groups excluding carboxylic acids is 2. The Labute approximate surface area is 89.6 Å². The molecule has 84 valence electrons. The Morgan fingerprint density at radius 1 is 1.40 bits per heavy atom. The van der Waals surface area contributed by atoms with E-state index in [2.05, 4.69) is 0 Å². The number of nitrogens with zero attached hydrogens (tertiary/aromatic N) is 1. The molecule has 2 aliphatic rings. The van der Waals surface area contributed by atoms with Crippen LogP contribution in [0.1, 0.15) is 40.0 Å². The van der Waals surface area contributed by atoms with Crippen LogP contribution in [0.25, 0.3) is 0 Å². The maximum Gasteiger partial charge on any atom is 0.411 e. The molecule has 0 radical (unpaired) electrons. The van der Waals surface area contributed by atoms with Gasteiger partial charge in [0.25, 0.3) is 0 Å². The van der Waals surface area contributed by atoms with Crippen LogP contribution in [-0.2, 0) is 9.53 Å². The first-order valence-corrected chi connectivity index (χ1v) is 5.42. The van der Waals surface area contributed by atoms with Crippen LogP contribution >= 0.6 is 0 Å². The molecule has 0 spiro atoms. The molecule has 2 bridgehead atoms. The molecule has 2 rings (SSSR count). The van der Waals surface area contributed by atoms with Crippen LogP contribution in [0.2, 0.25) is 0 Å². The van der Waals surface area contributed by atoms with Gasteiger partial charge in [-0.2, -0.15) is 0 Å². The maximum atomic E-state index is 11.8. The van der Waals surface area contributed by atoms with Gasteiger partial charge in [-0.05, 0) is 33.6 Å². The van der Waals surface area contributed by atoms with E-state index < -0.39 is 5.60 Å². The van der Waals surface area contributed by atoms with Crippen LogP contribution in [0.3, 0.4) is 0 Å². The second-order valence-electron chi connectivity index (χ2n) is 5.31. The average molecular weight is 211 g/mol. The molecule has 2 aliphatic heterocycles. The largest absolute Gasteiger partial charge is 0.444 e. The van der Waals surface area contributed by atoms with E-state index in [0.717, 1.165) is 12.8 Å². The number of hydrogen-bond donors (Lipinski definition) is 0. The predicted molar refractivity (Wildman–Crippen MR) is 54.5 cm³/mol. The van der Waals surface area contributed by atoms with Crippen molar-refractivity contribution in [3.05, 3.63) is 0 Å². The minimum Gasteiger partial charge on any atom is -0.444 e. The third-order valence-corrected chi connectivity index (χ3v) is 2.92. The lowest BCUT2D eigenvalue weighted by molar-refractivity contribution is -0.120. The van der Waals surface area contributed by atoms with Gasteiger partial charge in [0, 0.05) is 12.5 Å². The summed E-state index contributed by atoms with van der Waals surface area (Å²) in [5.41, 5.74) is -0.484. The Kier molecular flexibility index (Phi) is 2.24. The highest BCUT2D eigenvalue weighted by Gasteiger charge is 2.49. The summed E-state index contributed by atoms with van der Waals surface area (Å²) < 4.78 is 5.29. The maximum absolute atomic E-state index is 11.8. The van der Waals surface area contributed by atoms with Crippen molar-refractivity contribution >= 4 is 11.9 Å². The quantitative estimate of drug-likeness (QED) is 0.613. The number of fused-ring (bicyclic) bond motifs is 2. The van der Waals surface area contributed by atoms with Crippen molar-refractivity contribution in [3.8, 4) is 0 Å². The molecule has 0 N–H and O–H groups in total. The summed E-state index contributed by atoms with van der Waals surface area (Å²) in [5.74, 6) is 0.192. The van der Waals surface area contributed by atoms with Crippen molar-refractivity contribution in [2.45, 2.75) is 57.7 Å². The highest BCUT2D eigenvalue weighted by atomic mass is 16.6. The Morgan fingerprint density at radius 2 is 2.07 bits per heavy atom. The smallest absolute Gasteiger partial charge is 0.411 e. The van der Waals surface area contributed by atoms with Crippen LogP contribution in [0.5, 0.6) is 0 Å². The number of amides is 1. The number of ketones is 1. The van der Waals surface area contributed by atoms with Crippen molar-refractivity contribution in [1.29, 1.82) is 0 Å². The van der Waals surface area contributed by atoms with Gasteiger partial charge in [-0.1, -0.05) is 0 Å². The molecular weight excluding hydrogens is 194 g/mol. The summed E-state index contributed by atoms with van der Waals surface area (Å²) in [4.78, 5) is 24.9. The average Bonchev–Trinajstić information content (AvgIpc) is 2.55. The molecule has 0 saturated carbocycles. The van der Waals surface area contributed by atoms with Crippen LogP contribution in [0.15, 0.2) is 0 Å². The van der Waals surface area contributed by atoms with Gasteiger partial charge in [0.1, 0.15) is 5.60 Å². The normalized spacial score (nSPS) is 29.8. The molecule has 2 saturated heterocycles. The van der Waals surface area contributed by atoms with Crippen LogP contribution < -0.4 is 0 Å². The molecule has 1 amide bonds. The van der Waals surface area contributed by atoms with Gasteiger partial charge in [0.15, 0.2) is 5.78 Å². The van der Waals surface area contributed by atoms with Crippen molar-refractivity contribution in [3.63, 3.8) is 0 Å². The number of hydrogen-bond acceptors (Lipinski definition) is 3. The zero-order valence-electron chi connectivity index (χ0n) is 9.45. The molecule has 2 fully saturated rings. The first kappa shape index (κ1) is 10.5. The van der Waals surface area contributed by atoms with Gasteiger partial charge in [0.05, 0.1) is 6.04 Å². The van der Waals surface area contributed by atoms with E-state index in [4.69, 9.17) is 4.74 Å². The van der Waals surface area contributed by atoms with Crippen LogP contribution in [0, 0.1) is 0 Å². The third kappa shape index (κ3) is 1.85. The van der Waals surface area contributed by atoms with Gasteiger partial charge in [-0.25, -0.2) is 4.79 Å². The Morgan fingerprint density at radius 3 is 2.47 bits per heavy atom. The van der Waals surface area contributed by atoms with Crippen LogP contribution in [0.4, 0.5) is 4.79 Å². The fourth-order valence-electron chi connectivity index (χ4n) is 2.36. The van der Waals surface area contributed by atoms with Crippen molar-refractivity contribution in [2.24, 2.45) is 0 Å². The van der Waals surface area contributed by atoms with Gasteiger partial charge >= 0.3 is 6.09 Å². The van der Waals surface area contributed by atoms with E-state index in [1.807, 2.05) is 20.8 Å². The summed E-state index contributed by atoms with van der Waals surface area (Å²) >= 11 is 0. The lowest BCUT2D eigenvalue weighted by Crippen LogP contribution is -2.40. The Hall–Kier alpha value is -1.06. The lowest BCUT2D eigenvalue weighted by atomic mass is 10.00. The molecule has 0 aromatic rings. The van der Waals surface area contributed by atoms with Gasteiger partial charge in [-0.15, -0.1) is 0 Å². The Bertz CT molecular complexity index is 305. The van der Waals surface area contributed by atoms with E-state index in [9.17, 15) is 9.59 Å². The van der Waals surface area contributed by atoms with Gasteiger partial charge < -0.3 is 4.74 Å². The van der Waals surface area contributed by atoms with E-state index in [1.54, 1.807) is 4.90 Å². The molecule has 4 nitrogen and oxygen atoms in total. The molecule has 4 heteroatoms. The molecule has 0 aliphatic carbocycles. The third-order valence-electron chi connectivity index (χ3n) is 2.92. The fourth-order valence-corrected chi connectivity index (χ4v) is 2.36. The standard InChI is InChI=1S/C11H17NO3/c1-11(2,3)15-10(14)12-7-4-5-8(12)9(13)6-7/h7-8H,4-6H2,1-3H3/t7-,8+/m0/s1. The second kappa shape index (κ2) is 3.22. The van der Waals surface area contributed by atoms with E-state index >= 15 is 0 Å². The minimum absolute atomic E-state index is 0.0948. The summed E-state index contributed by atoms with van der Waals surface area (Å²) in [6.07, 6.45) is 1.93. The van der Waals surface area contributed by atoms with E-state index in [0.29, 0.717) is 6.42 Å². The van der Waals surface area contributed by atoms with E-state index in [1.165, 1.54) is 0 Å². The lowest BCUT2D eigenvalue weighted by Gasteiger charge is -2.26. The molecule has 0 aromatic carbocycles. The zero-order chi connectivity index (χ0) is 11.2. The zero-order valence-corrected chi connectivity index (χ0v) is 9.45. The summed E-state index contributed by atoms with van der Waals surface area (Å²) in [5, 5.41) is 0. The molecule has 2 heterocycles. The first-order valence-electron chi connectivity index (χ1n) is 5.42. The molecule has 15 heavy (non-hydrogen) atoms. The molecule has 0 aromatic heterocycles. The van der Waals surface area contributed by atoms with Crippen molar-refractivity contribution in [1.82, 2.24) is 4.90 Å². The number of rotatable bonds is 0. The SMILES string of the molecule is CC(C)(C)OC(=O)N1[C@H]2CC[C@@H]1C(=O)C2. The highest BCUT2D eigenvalue weighted by Crippen LogP contribution is 2.36. The minimum atomic E-state index is -0.484. The predicted octanol–water partition coefficient (Wildman–Crippen LogP) is 1.73. The van der Waals surface area contributed by atoms with Crippen molar-refractivity contribution < 1.29 is 14.3 Å². The number of ether oxygens (including phenoxy) is 1. The topological polar surface area (TPSA) is 46.6 Å². The number of Topliss-reactive ketones (excluding diaryl/α,β-unsaturated/α-hetero) is 1. The summed E-state index contributed by atoms with van der Waals surface area (Å²) in [7, 11) is 0. The first-order chi connectivity index (χ1) is 6.88. The fraction of sp³-hybridized carbons (Fsp3) is 0.818.